The zero-order chi connectivity index (χ0) is 14.5. The second kappa shape index (κ2) is 6.34. The number of aromatic nitrogens is 1. The molecule has 2 aromatic rings. The molecule has 0 saturated heterocycles. The van der Waals surface area contributed by atoms with Gasteiger partial charge in [-0.05, 0) is 37.6 Å². The number of nitrogens with zero attached hydrogens (tertiary/aromatic N) is 1. The summed E-state index contributed by atoms with van der Waals surface area (Å²) in [5.74, 6) is 0.570. The first-order valence-electron chi connectivity index (χ1n) is 6.15. The summed E-state index contributed by atoms with van der Waals surface area (Å²) in [7, 11) is 1.61. The lowest BCUT2D eigenvalue weighted by Crippen LogP contribution is -2.07. The molecule has 1 N–H and O–H groups in total. The van der Waals surface area contributed by atoms with E-state index in [0.29, 0.717) is 5.13 Å². The first-order chi connectivity index (χ1) is 9.58. The average molecular weight is 288 g/mol. The van der Waals surface area contributed by atoms with E-state index in [4.69, 9.17) is 4.74 Å². The van der Waals surface area contributed by atoms with Crippen molar-refractivity contribution in [3.05, 3.63) is 46.5 Å². The van der Waals surface area contributed by atoms with Crippen molar-refractivity contribution in [1.29, 1.82) is 0 Å². The molecule has 0 fully saturated rings. The van der Waals surface area contributed by atoms with Crippen molar-refractivity contribution >= 4 is 28.5 Å². The van der Waals surface area contributed by atoms with Gasteiger partial charge in [0.25, 0.3) is 0 Å². The third kappa shape index (κ3) is 3.68. The Kier molecular flexibility index (Phi) is 4.53. The van der Waals surface area contributed by atoms with Crippen LogP contribution >= 0.6 is 11.3 Å². The molecule has 1 heterocycles. The number of benzene rings is 1. The highest BCUT2D eigenvalue weighted by Crippen LogP contribution is 2.21. The standard InChI is InChI=1S/C15H16N2O2S/c1-10-11(2)20-15(16-10)17-14(18)8-7-12-5-4-6-13(9-12)19-3/h4-9H,1-3H3,(H,16,17,18)/b8-7+. The Labute approximate surface area is 122 Å². The van der Waals surface area contributed by atoms with E-state index < -0.39 is 0 Å². The van der Waals surface area contributed by atoms with Crippen LogP contribution in [0.3, 0.4) is 0 Å². The number of rotatable bonds is 4. The molecule has 4 nitrogen and oxygen atoms in total. The number of aryl methyl sites for hydroxylation is 2. The minimum absolute atomic E-state index is 0.193. The molecular weight excluding hydrogens is 272 g/mol. The third-order valence-electron chi connectivity index (χ3n) is 2.78. The minimum Gasteiger partial charge on any atom is -0.497 e. The number of carbonyl (C=O) groups excluding carboxylic acids is 1. The summed E-state index contributed by atoms with van der Waals surface area (Å²) in [6.07, 6.45) is 3.23. The Hall–Kier alpha value is -2.14. The van der Waals surface area contributed by atoms with Crippen LogP contribution in [0.1, 0.15) is 16.1 Å². The Morgan fingerprint density at radius 1 is 1.40 bits per heavy atom. The number of ether oxygens (including phenoxy) is 1. The molecule has 0 unspecified atom stereocenters. The van der Waals surface area contributed by atoms with Crippen LogP contribution in [0.25, 0.3) is 6.08 Å². The molecule has 0 radical (unpaired) electrons. The SMILES string of the molecule is COc1cccc(/C=C/C(=O)Nc2nc(C)c(C)s2)c1. The van der Waals surface area contributed by atoms with Crippen LogP contribution in [0.2, 0.25) is 0 Å². The maximum absolute atomic E-state index is 11.8. The van der Waals surface area contributed by atoms with Crippen molar-refractivity contribution < 1.29 is 9.53 Å². The van der Waals surface area contributed by atoms with Gasteiger partial charge in [0.05, 0.1) is 12.8 Å². The number of carbonyl (C=O) groups is 1. The summed E-state index contributed by atoms with van der Waals surface area (Å²) in [6.45, 7) is 3.91. The zero-order valence-electron chi connectivity index (χ0n) is 11.6. The molecule has 0 spiro atoms. The Bertz CT molecular complexity index is 628. The first kappa shape index (κ1) is 14.3. The van der Waals surface area contributed by atoms with Crippen molar-refractivity contribution in [2.24, 2.45) is 0 Å². The summed E-state index contributed by atoms with van der Waals surface area (Å²) < 4.78 is 5.13. The van der Waals surface area contributed by atoms with Crippen LogP contribution in [-0.2, 0) is 4.79 Å². The fourth-order valence-corrected chi connectivity index (χ4v) is 2.41. The number of amides is 1. The highest BCUT2D eigenvalue weighted by atomic mass is 32.1. The van der Waals surface area contributed by atoms with E-state index in [1.807, 2.05) is 38.1 Å². The molecule has 104 valence electrons. The van der Waals surface area contributed by atoms with Gasteiger partial charge in [0.15, 0.2) is 5.13 Å². The van der Waals surface area contributed by atoms with Crippen LogP contribution in [0, 0.1) is 13.8 Å². The average Bonchev–Trinajstić information content (AvgIpc) is 2.75. The van der Waals surface area contributed by atoms with E-state index in [2.05, 4.69) is 10.3 Å². The van der Waals surface area contributed by atoms with Gasteiger partial charge in [0.1, 0.15) is 5.75 Å². The first-order valence-corrected chi connectivity index (χ1v) is 6.97. The topological polar surface area (TPSA) is 51.2 Å². The second-order valence-electron chi connectivity index (χ2n) is 4.26. The zero-order valence-corrected chi connectivity index (χ0v) is 12.5. The maximum Gasteiger partial charge on any atom is 0.250 e. The lowest BCUT2D eigenvalue weighted by atomic mass is 10.2. The molecule has 0 aliphatic heterocycles. The number of nitrogens with one attached hydrogen (secondary N) is 1. The summed E-state index contributed by atoms with van der Waals surface area (Å²) >= 11 is 1.47. The van der Waals surface area contributed by atoms with Crippen molar-refractivity contribution in [3.8, 4) is 5.75 Å². The molecule has 0 aliphatic carbocycles. The van der Waals surface area contributed by atoms with Crippen LogP contribution in [0.15, 0.2) is 30.3 Å². The van der Waals surface area contributed by atoms with Crippen molar-refractivity contribution in [3.63, 3.8) is 0 Å². The van der Waals surface area contributed by atoms with E-state index in [1.165, 1.54) is 17.4 Å². The van der Waals surface area contributed by atoms with Gasteiger partial charge >= 0.3 is 0 Å². The van der Waals surface area contributed by atoms with E-state index >= 15 is 0 Å². The molecule has 0 aliphatic rings. The van der Waals surface area contributed by atoms with Gasteiger partial charge in [-0.25, -0.2) is 4.98 Å². The van der Waals surface area contributed by atoms with Crippen molar-refractivity contribution in [1.82, 2.24) is 4.98 Å². The molecule has 0 saturated carbocycles. The van der Waals surface area contributed by atoms with E-state index in [0.717, 1.165) is 21.9 Å². The van der Waals surface area contributed by atoms with Gasteiger partial charge in [-0.2, -0.15) is 0 Å². The number of hydrogen-bond donors (Lipinski definition) is 1. The second-order valence-corrected chi connectivity index (χ2v) is 5.46. The molecular formula is C15H16N2O2S. The maximum atomic E-state index is 11.8. The predicted molar refractivity (Wildman–Crippen MR) is 82.2 cm³/mol. The Morgan fingerprint density at radius 3 is 2.85 bits per heavy atom. The number of hydrogen-bond acceptors (Lipinski definition) is 4. The number of thiazole rings is 1. The van der Waals surface area contributed by atoms with Crippen LogP contribution in [0.4, 0.5) is 5.13 Å². The molecule has 0 atom stereocenters. The normalized spacial score (nSPS) is 10.8. The Balaban J connectivity index is 2.01. The van der Waals surface area contributed by atoms with Crippen LogP contribution < -0.4 is 10.1 Å². The summed E-state index contributed by atoms with van der Waals surface area (Å²) in [5.41, 5.74) is 1.85. The highest BCUT2D eigenvalue weighted by Gasteiger charge is 2.05. The largest absolute Gasteiger partial charge is 0.497 e. The molecule has 1 aromatic heterocycles. The molecule has 1 aromatic carbocycles. The quantitative estimate of drug-likeness (QED) is 0.877. The number of methoxy groups -OCH3 is 1. The number of anilines is 1. The fraction of sp³-hybridized carbons (Fsp3) is 0.200. The van der Waals surface area contributed by atoms with E-state index in [9.17, 15) is 4.79 Å². The highest BCUT2D eigenvalue weighted by molar-refractivity contribution is 7.15. The lowest BCUT2D eigenvalue weighted by Gasteiger charge is -2.00. The van der Waals surface area contributed by atoms with Crippen LogP contribution in [-0.4, -0.2) is 18.0 Å². The molecule has 5 heteroatoms. The Morgan fingerprint density at radius 2 is 2.20 bits per heavy atom. The van der Waals surface area contributed by atoms with Gasteiger partial charge in [-0.3, -0.25) is 10.1 Å². The van der Waals surface area contributed by atoms with Gasteiger partial charge < -0.3 is 4.74 Å². The smallest absolute Gasteiger partial charge is 0.250 e. The molecule has 1 amide bonds. The van der Waals surface area contributed by atoms with E-state index in [1.54, 1.807) is 13.2 Å². The third-order valence-corrected chi connectivity index (χ3v) is 3.77. The van der Waals surface area contributed by atoms with Gasteiger partial charge in [0, 0.05) is 11.0 Å². The van der Waals surface area contributed by atoms with Gasteiger partial charge in [-0.15, -0.1) is 11.3 Å². The van der Waals surface area contributed by atoms with Crippen molar-refractivity contribution in [2.75, 3.05) is 12.4 Å². The predicted octanol–water partition coefficient (Wildman–Crippen LogP) is 3.42. The molecule has 20 heavy (non-hydrogen) atoms. The van der Waals surface area contributed by atoms with E-state index in [-0.39, 0.29) is 5.91 Å². The van der Waals surface area contributed by atoms with Gasteiger partial charge in [0.2, 0.25) is 5.91 Å². The van der Waals surface area contributed by atoms with Crippen LogP contribution in [0.5, 0.6) is 5.75 Å². The lowest BCUT2D eigenvalue weighted by molar-refractivity contribution is -0.111. The minimum atomic E-state index is -0.193. The van der Waals surface area contributed by atoms with Gasteiger partial charge in [-0.1, -0.05) is 12.1 Å². The molecule has 2 rings (SSSR count). The fourth-order valence-electron chi connectivity index (χ4n) is 1.59. The van der Waals surface area contributed by atoms with Crippen molar-refractivity contribution in [2.45, 2.75) is 13.8 Å². The summed E-state index contributed by atoms with van der Waals surface area (Å²) in [5, 5.41) is 3.38. The summed E-state index contributed by atoms with van der Waals surface area (Å²) in [4.78, 5) is 17.2. The monoisotopic (exact) mass is 288 g/mol. The summed E-state index contributed by atoms with van der Waals surface area (Å²) in [6, 6.07) is 7.51. The molecule has 0 bridgehead atoms.